The third-order valence-electron chi connectivity index (χ3n) is 3.89. The van der Waals surface area contributed by atoms with Crippen LogP contribution in [0.5, 0.6) is 5.75 Å². The Morgan fingerprint density at radius 1 is 1.12 bits per heavy atom. The van der Waals surface area contributed by atoms with E-state index in [-0.39, 0.29) is 0 Å². The lowest BCUT2D eigenvalue weighted by Gasteiger charge is -2.11. The van der Waals surface area contributed by atoms with Crippen LogP contribution < -0.4 is 4.74 Å². The summed E-state index contributed by atoms with van der Waals surface area (Å²) < 4.78 is 16.5. The number of alkyl halides is 1. The highest BCUT2D eigenvalue weighted by Gasteiger charge is 2.16. The maximum absolute atomic E-state index is 6.31. The van der Waals surface area contributed by atoms with Gasteiger partial charge in [-0.2, -0.15) is 0 Å². The summed E-state index contributed by atoms with van der Waals surface area (Å²) in [6, 6.07) is 5.53. The summed E-state index contributed by atoms with van der Waals surface area (Å²) in [5.74, 6) is 2.00. The molecule has 0 atom stereocenters. The molecule has 0 unspecified atom stereocenters. The fraction of sp³-hybridized carbons (Fsp3) is 0.444. The Labute approximate surface area is 170 Å². The number of aliphatic imine (C=N–C) groups is 1. The van der Waals surface area contributed by atoms with Crippen LogP contribution in [-0.4, -0.2) is 30.8 Å². The molecule has 1 aliphatic rings. The van der Waals surface area contributed by atoms with Crippen LogP contribution in [0.1, 0.15) is 36.3 Å². The number of aryl methyl sites for hydroxylation is 1. The number of hydrogen-bond acceptors (Lipinski definition) is 5. The monoisotopic (exact) mass is 460 g/mol. The SMILES string of the molecule is Clc1cc(C2=NCCO2)cc(Cl)c1OCCCCCc1cc(CBr)no1. The molecule has 0 bridgehead atoms. The Bertz CT molecular complexity index is 757. The molecule has 0 fully saturated rings. The van der Waals surface area contributed by atoms with E-state index in [2.05, 4.69) is 26.1 Å². The first-order chi connectivity index (χ1) is 12.7. The molecule has 1 aromatic carbocycles. The Kier molecular flexibility index (Phi) is 7.23. The second-order valence-corrected chi connectivity index (χ2v) is 7.26. The van der Waals surface area contributed by atoms with E-state index in [0.29, 0.717) is 46.8 Å². The summed E-state index contributed by atoms with van der Waals surface area (Å²) in [5.41, 5.74) is 1.70. The van der Waals surface area contributed by atoms with Crippen LogP contribution in [0, 0.1) is 0 Å². The molecule has 0 N–H and O–H groups in total. The van der Waals surface area contributed by atoms with E-state index < -0.39 is 0 Å². The van der Waals surface area contributed by atoms with Crippen molar-refractivity contribution >= 4 is 45.0 Å². The molecule has 1 aromatic heterocycles. The topological polar surface area (TPSA) is 56.9 Å². The predicted octanol–water partition coefficient (Wildman–Crippen LogP) is 5.44. The van der Waals surface area contributed by atoms with Crippen molar-refractivity contribution < 1.29 is 14.0 Å². The first-order valence-electron chi connectivity index (χ1n) is 8.47. The number of ether oxygens (including phenoxy) is 2. The van der Waals surface area contributed by atoms with Gasteiger partial charge in [0.2, 0.25) is 5.90 Å². The molecule has 0 saturated carbocycles. The maximum atomic E-state index is 6.31. The molecular formula is C18H19BrCl2N2O3. The highest BCUT2D eigenvalue weighted by Crippen LogP contribution is 2.35. The van der Waals surface area contributed by atoms with Gasteiger partial charge in [0.1, 0.15) is 12.4 Å². The van der Waals surface area contributed by atoms with Gasteiger partial charge >= 0.3 is 0 Å². The molecule has 0 radical (unpaired) electrons. The second kappa shape index (κ2) is 9.62. The first-order valence-corrected chi connectivity index (χ1v) is 10.3. The number of unbranched alkanes of at least 4 members (excludes halogenated alkanes) is 2. The largest absolute Gasteiger partial charge is 0.490 e. The van der Waals surface area contributed by atoms with Crippen molar-refractivity contribution in [2.45, 2.75) is 31.0 Å². The van der Waals surface area contributed by atoms with E-state index in [9.17, 15) is 0 Å². The number of rotatable bonds is 9. The molecule has 1 aliphatic heterocycles. The normalized spacial score (nSPS) is 13.6. The molecule has 0 saturated heterocycles. The van der Waals surface area contributed by atoms with Crippen molar-refractivity contribution in [3.8, 4) is 5.75 Å². The molecule has 140 valence electrons. The van der Waals surface area contributed by atoms with E-state index in [4.69, 9.17) is 37.2 Å². The van der Waals surface area contributed by atoms with Gasteiger partial charge in [0, 0.05) is 23.4 Å². The highest BCUT2D eigenvalue weighted by molar-refractivity contribution is 9.08. The number of hydrogen-bond donors (Lipinski definition) is 0. The molecule has 5 nitrogen and oxygen atoms in total. The molecule has 0 amide bonds. The van der Waals surface area contributed by atoms with E-state index in [1.54, 1.807) is 12.1 Å². The van der Waals surface area contributed by atoms with Crippen LogP contribution in [0.15, 0.2) is 27.7 Å². The maximum Gasteiger partial charge on any atom is 0.216 e. The smallest absolute Gasteiger partial charge is 0.216 e. The number of halogens is 3. The van der Waals surface area contributed by atoms with Gasteiger partial charge in [0.15, 0.2) is 5.75 Å². The minimum Gasteiger partial charge on any atom is -0.490 e. The minimum atomic E-state index is 0.467. The predicted molar refractivity (Wildman–Crippen MR) is 106 cm³/mol. The third kappa shape index (κ3) is 5.15. The lowest BCUT2D eigenvalue weighted by molar-refractivity contribution is 0.303. The summed E-state index contributed by atoms with van der Waals surface area (Å²) >= 11 is 16.0. The quantitative estimate of drug-likeness (QED) is 0.368. The van der Waals surface area contributed by atoms with Crippen LogP contribution >= 0.6 is 39.1 Å². The summed E-state index contributed by atoms with van der Waals surface area (Å²) in [6.07, 6.45) is 3.81. The number of aromatic nitrogens is 1. The van der Waals surface area contributed by atoms with Gasteiger partial charge in [-0.05, 0) is 31.4 Å². The van der Waals surface area contributed by atoms with Crippen LogP contribution in [-0.2, 0) is 16.5 Å². The zero-order chi connectivity index (χ0) is 18.4. The van der Waals surface area contributed by atoms with Crippen LogP contribution in [0.3, 0.4) is 0 Å². The average Bonchev–Trinajstić information content (AvgIpc) is 3.31. The van der Waals surface area contributed by atoms with Crippen molar-refractivity contribution in [3.63, 3.8) is 0 Å². The van der Waals surface area contributed by atoms with Gasteiger partial charge in [-0.15, -0.1) is 0 Å². The Hall–Kier alpha value is -1.24. The van der Waals surface area contributed by atoms with E-state index in [1.165, 1.54) is 0 Å². The van der Waals surface area contributed by atoms with Crippen molar-refractivity contribution in [2.24, 2.45) is 4.99 Å². The van der Waals surface area contributed by atoms with E-state index >= 15 is 0 Å². The van der Waals surface area contributed by atoms with E-state index in [0.717, 1.165) is 42.7 Å². The zero-order valence-electron chi connectivity index (χ0n) is 14.1. The second-order valence-electron chi connectivity index (χ2n) is 5.88. The number of benzene rings is 1. The summed E-state index contributed by atoms with van der Waals surface area (Å²) in [5, 5.41) is 5.60. The fourth-order valence-corrected chi connectivity index (χ4v) is 3.48. The highest BCUT2D eigenvalue weighted by atomic mass is 79.9. The van der Waals surface area contributed by atoms with Gasteiger partial charge < -0.3 is 14.0 Å². The summed E-state index contributed by atoms with van der Waals surface area (Å²) in [7, 11) is 0. The fourth-order valence-electron chi connectivity index (χ4n) is 2.62. The standard InChI is InChI=1S/C18H19BrCl2N2O3/c19-11-13-10-14(26-23-13)4-2-1-3-6-24-17-15(20)8-12(9-16(17)21)18-22-5-7-25-18/h8-10H,1-7,11H2. The van der Waals surface area contributed by atoms with Gasteiger partial charge in [0.25, 0.3) is 0 Å². The number of nitrogens with zero attached hydrogens (tertiary/aromatic N) is 2. The Morgan fingerprint density at radius 2 is 1.92 bits per heavy atom. The molecule has 26 heavy (non-hydrogen) atoms. The van der Waals surface area contributed by atoms with Crippen molar-refractivity contribution in [3.05, 3.63) is 45.3 Å². The third-order valence-corrected chi connectivity index (χ3v) is 5.03. The first kappa shape index (κ1) is 19.5. The van der Waals surface area contributed by atoms with Crippen LogP contribution in [0.4, 0.5) is 0 Å². The van der Waals surface area contributed by atoms with Gasteiger partial charge in [-0.3, -0.25) is 0 Å². The lowest BCUT2D eigenvalue weighted by atomic mass is 10.1. The van der Waals surface area contributed by atoms with Crippen molar-refractivity contribution in [2.75, 3.05) is 19.8 Å². The van der Waals surface area contributed by atoms with E-state index in [1.807, 2.05) is 6.07 Å². The molecule has 2 aromatic rings. The van der Waals surface area contributed by atoms with Crippen molar-refractivity contribution in [1.82, 2.24) is 5.16 Å². The molecule has 0 aliphatic carbocycles. The molecule has 3 rings (SSSR count). The zero-order valence-corrected chi connectivity index (χ0v) is 17.2. The lowest BCUT2D eigenvalue weighted by Crippen LogP contribution is -2.03. The Morgan fingerprint density at radius 3 is 2.58 bits per heavy atom. The van der Waals surface area contributed by atoms with Gasteiger partial charge in [-0.25, -0.2) is 4.99 Å². The Balaban J connectivity index is 1.43. The minimum absolute atomic E-state index is 0.467. The molecule has 0 spiro atoms. The summed E-state index contributed by atoms with van der Waals surface area (Å²) in [4.78, 5) is 4.27. The van der Waals surface area contributed by atoms with Gasteiger partial charge in [0.05, 0.1) is 28.9 Å². The molecule has 2 heterocycles. The summed E-state index contributed by atoms with van der Waals surface area (Å²) in [6.45, 7) is 1.81. The molecule has 8 heteroatoms. The van der Waals surface area contributed by atoms with Gasteiger partial charge in [-0.1, -0.05) is 44.3 Å². The average molecular weight is 462 g/mol. The van der Waals surface area contributed by atoms with Crippen molar-refractivity contribution in [1.29, 1.82) is 0 Å². The molecular weight excluding hydrogens is 443 g/mol. The van der Waals surface area contributed by atoms with Crippen LogP contribution in [0.25, 0.3) is 0 Å². The van der Waals surface area contributed by atoms with Crippen LogP contribution in [0.2, 0.25) is 10.0 Å².